The third kappa shape index (κ3) is 7.40. The molecule has 0 amide bonds. The molecule has 1 aromatic rings. The number of hydrogen-bond donors (Lipinski definition) is 0. The largest absolute Gasteiger partial charge is 0.331 e. The fraction of sp³-hybridized carbons (Fsp3) is 0.667. The van der Waals surface area contributed by atoms with E-state index in [1.54, 1.807) is 0 Å². The number of unbranched alkanes of at least 4 members (excludes halogenated alkanes) is 3. The van der Waals surface area contributed by atoms with Gasteiger partial charge < -0.3 is 9.05 Å². The number of rotatable bonds is 12. The molecule has 0 saturated carbocycles. The molecule has 0 aliphatic heterocycles. The van der Waals surface area contributed by atoms with Crippen molar-refractivity contribution in [3.63, 3.8) is 0 Å². The molecule has 0 aliphatic rings. The van der Waals surface area contributed by atoms with E-state index in [4.69, 9.17) is 9.05 Å². The predicted octanol–water partition coefficient (Wildman–Crippen LogP) is 5.60. The summed E-state index contributed by atoms with van der Waals surface area (Å²) in [7, 11) is -0.916. The van der Waals surface area contributed by atoms with Gasteiger partial charge >= 0.3 is 0 Å². The van der Waals surface area contributed by atoms with E-state index in [1.165, 1.54) is 23.7 Å². The molecule has 0 aromatic heterocycles. The minimum Gasteiger partial charge on any atom is -0.331 e. The lowest BCUT2D eigenvalue weighted by atomic mass is 10.1. The minimum absolute atomic E-state index is 0.802. The number of benzene rings is 1. The molecular formula is C18H31O2P. The van der Waals surface area contributed by atoms with E-state index in [0.717, 1.165) is 45.3 Å². The van der Waals surface area contributed by atoms with Crippen molar-refractivity contribution in [1.82, 2.24) is 0 Å². The van der Waals surface area contributed by atoms with Gasteiger partial charge in [0.25, 0.3) is 0 Å². The molecule has 21 heavy (non-hydrogen) atoms. The molecule has 0 radical (unpaired) electrons. The fourth-order valence-electron chi connectivity index (χ4n) is 2.03. The van der Waals surface area contributed by atoms with Gasteiger partial charge in [-0.1, -0.05) is 58.2 Å². The Labute approximate surface area is 132 Å². The third-order valence-corrected chi connectivity index (χ3v) is 5.06. The van der Waals surface area contributed by atoms with Gasteiger partial charge in [-0.25, -0.2) is 0 Å². The van der Waals surface area contributed by atoms with Crippen LogP contribution in [0.4, 0.5) is 0 Å². The summed E-state index contributed by atoms with van der Waals surface area (Å²) in [5, 5.41) is 1.29. The molecule has 0 fully saturated rings. The molecule has 0 spiro atoms. The van der Waals surface area contributed by atoms with Crippen molar-refractivity contribution >= 4 is 13.7 Å². The summed E-state index contributed by atoms with van der Waals surface area (Å²) in [6.45, 7) is 8.23. The first-order valence-electron chi connectivity index (χ1n) is 8.47. The Morgan fingerprint density at radius 1 is 0.810 bits per heavy atom. The summed E-state index contributed by atoms with van der Waals surface area (Å²) >= 11 is 0. The summed E-state index contributed by atoms with van der Waals surface area (Å²) in [6, 6.07) is 8.65. The molecule has 3 heteroatoms. The first-order valence-corrected chi connectivity index (χ1v) is 9.65. The molecule has 0 N–H and O–H groups in total. The van der Waals surface area contributed by atoms with Gasteiger partial charge in [0.05, 0.1) is 13.2 Å². The van der Waals surface area contributed by atoms with Crippen LogP contribution in [-0.4, -0.2) is 13.2 Å². The number of hydrogen-bond acceptors (Lipinski definition) is 2. The van der Waals surface area contributed by atoms with Gasteiger partial charge in [-0.05, 0) is 37.3 Å². The standard InChI is InChI=1S/C18H31O2P/c1-4-7-12-17-13-10-11-14-18(17)21(19-15-8-5-2)20-16-9-6-3/h10-11,13-14H,4-9,12,15-16H2,1-3H3. The van der Waals surface area contributed by atoms with Crippen molar-refractivity contribution in [2.75, 3.05) is 13.2 Å². The Bertz CT molecular complexity index is 358. The van der Waals surface area contributed by atoms with E-state index >= 15 is 0 Å². The van der Waals surface area contributed by atoms with E-state index in [-0.39, 0.29) is 0 Å². The molecule has 0 heterocycles. The highest BCUT2D eigenvalue weighted by Crippen LogP contribution is 2.39. The van der Waals surface area contributed by atoms with E-state index in [9.17, 15) is 0 Å². The van der Waals surface area contributed by atoms with Crippen LogP contribution < -0.4 is 5.30 Å². The quantitative estimate of drug-likeness (QED) is 0.369. The van der Waals surface area contributed by atoms with Crippen LogP contribution >= 0.6 is 8.38 Å². The first-order chi connectivity index (χ1) is 10.3. The van der Waals surface area contributed by atoms with Gasteiger partial charge in [0.1, 0.15) is 0 Å². The number of aryl methyl sites for hydroxylation is 1. The topological polar surface area (TPSA) is 18.5 Å². The van der Waals surface area contributed by atoms with Crippen LogP contribution in [0.2, 0.25) is 0 Å². The summed E-state index contributed by atoms with van der Waals surface area (Å²) in [6.07, 6.45) is 8.11. The molecule has 0 bridgehead atoms. The van der Waals surface area contributed by atoms with Crippen molar-refractivity contribution in [3.05, 3.63) is 29.8 Å². The Hall–Kier alpha value is -0.430. The van der Waals surface area contributed by atoms with Crippen LogP contribution in [0.5, 0.6) is 0 Å². The third-order valence-electron chi connectivity index (χ3n) is 3.40. The second-order valence-corrected chi connectivity index (χ2v) is 6.88. The molecule has 0 aliphatic carbocycles. The van der Waals surface area contributed by atoms with Crippen molar-refractivity contribution in [3.8, 4) is 0 Å². The smallest absolute Gasteiger partial charge is 0.205 e. The summed E-state index contributed by atoms with van der Waals surface area (Å²) < 4.78 is 12.2. The zero-order valence-corrected chi connectivity index (χ0v) is 14.8. The van der Waals surface area contributed by atoms with Crippen molar-refractivity contribution in [2.24, 2.45) is 0 Å². The van der Waals surface area contributed by atoms with Gasteiger partial charge in [-0.2, -0.15) is 0 Å². The Balaban J connectivity index is 2.74. The second-order valence-electron chi connectivity index (χ2n) is 5.36. The van der Waals surface area contributed by atoms with E-state index in [2.05, 4.69) is 45.0 Å². The maximum Gasteiger partial charge on any atom is 0.205 e. The van der Waals surface area contributed by atoms with Crippen molar-refractivity contribution < 1.29 is 9.05 Å². The average molecular weight is 310 g/mol. The van der Waals surface area contributed by atoms with Gasteiger partial charge in [0.15, 0.2) is 0 Å². The SMILES string of the molecule is CCCCOP(OCCCC)c1ccccc1CCCC. The van der Waals surface area contributed by atoms with E-state index in [1.807, 2.05) is 0 Å². The zero-order chi connectivity index (χ0) is 15.3. The summed E-state index contributed by atoms with van der Waals surface area (Å²) in [5.74, 6) is 0. The van der Waals surface area contributed by atoms with Crippen LogP contribution in [-0.2, 0) is 15.5 Å². The van der Waals surface area contributed by atoms with E-state index in [0.29, 0.717) is 0 Å². The zero-order valence-electron chi connectivity index (χ0n) is 13.9. The Kier molecular flexibility index (Phi) is 10.8. The van der Waals surface area contributed by atoms with Crippen molar-refractivity contribution in [2.45, 2.75) is 65.7 Å². The van der Waals surface area contributed by atoms with Crippen LogP contribution in [0.3, 0.4) is 0 Å². The lowest BCUT2D eigenvalue weighted by molar-refractivity contribution is 0.250. The molecule has 1 aromatic carbocycles. The lowest BCUT2D eigenvalue weighted by Crippen LogP contribution is -2.13. The molecule has 0 unspecified atom stereocenters. The summed E-state index contributed by atoms with van der Waals surface area (Å²) in [4.78, 5) is 0. The van der Waals surface area contributed by atoms with Crippen LogP contribution in [0.25, 0.3) is 0 Å². The fourth-order valence-corrected chi connectivity index (χ4v) is 3.60. The minimum atomic E-state index is -0.916. The highest BCUT2D eigenvalue weighted by atomic mass is 31.2. The monoisotopic (exact) mass is 310 g/mol. The van der Waals surface area contributed by atoms with Gasteiger partial charge in [0.2, 0.25) is 8.38 Å². The van der Waals surface area contributed by atoms with Gasteiger partial charge in [-0.15, -0.1) is 0 Å². The summed E-state index contributed by atoms with van der Waals surface area (Å²) in [5.41, 5.74) is 1.40. The second kappa shape index (κ2) is 12.1. The van der Waals surface area contributed by atoms with Gasteiger partial charge in [-0.3, -0.25) is 0 Å². The molecule has 120 valence electrons. The normalized spacial score (nSPS) is 11.2. The van der Waals surface area contributed by atoms with Crippen LogP contribution in [0, 0.1) is 0 Å². The maximum atomic E-state index is 6.08. The first kappa shape index (κ1) is 18.6. The van der Waals surface area contributed by atoms with Crippen molar-refractivity contribution in [1.29, 1.82) is 0 Å². The average Bonchev–Trinajstić information content (AvgIpc) is 2.52. The van der Waals surface area contributed by atoms with Gasteiger partial charge in [0, 0.05) is 5.30 Å². The highest BCUT2D eigenvalue weighted by Gasteiger charge is 2.17. The molecule has 0 saturated heterocycles. The Morgan fingerprint density at radius 3 is 1.95 bits per heavy atom. The predicted molar refractivity (Wildman–Crippen MR) is 93.3 cm³/mol. The van der Waals surface area contributed by atoms with Crippen LogP contribution in [0.1, 0.15) is 64.9 Å². The lowest BCUT2D eigenvalue weighted by Gasteiger charge is -2.20. The van der Waals surface area contributed by atoms with Crippen LogP contribution in [0.15, 0.2) is 24.3 Å². The highest BCUT2D eigenvalue weighted by molar-refractivity contribution is 7.56. The molecule has 0 atom stereocenters. The molecular weight excluding hydrogens is 279 g/mol. The Morgan fingerprint density at radius 2 is 1.38 bits per heavy atom. The maximum absolute atomic E-state index is 6.08. The molecule has 2 nitrogen and oxygen atoms in total. The van der Waals surface area contributed by atoms with E-state index < -0.39 is 8.38 Å². The molecule has 1 rings (SSSR count).